The maximum Gasteiger partial charge on any atom is 0.326 e. The Hall–Kier alpha value is -1.30. The van der Waals surface area contributed by atoms with Gasteiger partial charge in [0.2, 0.25) is 0 Å². The van der Waals surface area contributed by atoms with Gasteiger partial charge in [-0.2, -0.15) is 0 Å². The van der Waals surface area contributed by atoms with Gasteiger partial charge in [-0.05, 0) is 26.3 Å². The van der Waals surface area contributed by atoms with Crippen molar-refractivity contribution in [3.05, 3.63) is 0 Å². The van der Waals surface area contributed by atoms with Crippen LogP contribution in [0.3, 0.4) is 0 Å². The molecule has 20 heavy (non-hydrogen) atoms. The van der Waals surface area contributed by atoms with E-state index in [0.717, 1.165) is 0 Å². The van der Waals surface area contributed by atoms with E-state index in [1.807, 2.05) is 7.05 Å². The Morgan fingerprint density at radius 3 is 2.00 bits per heavy atom. The molecule has 1 fully saturated rings. The van der Waals surface area contributed by atoms with Crippen molar-refractivity contribution in [3.8, 4) is 0 Å². The Morgan fingerprint density at radius 1 is 1.20 bits per heavy atom. The summed E-state index contributed by atoms with van der Waals surface area (Å²) in [4.78, 5) is 27.5. The third-order valence-electron chi connectivity index (χ3n) is 4.03. The molecule has 2 unspecified atom stereocenters. The van der Waals surface area contributed by atoms with Gasteiger partial charge in [-0.15, -0.1) is 0 Å². The van der Waals surface area contributed by atoms with Crippen molar-refractivity contribution in [1.82, 2.24) is 15.1 Å². The van der Waals surface area contributed by atoms with Gasteiger partial charge < -0.3 is 15.3 Å². The molecule has 1 aliphatic rings. The summed E-state index contributed by atoms with van der Waals surface area (Å²) >= 11 is 0. The molecule has 0 radical (unpaired) electrons. The summed E-state index contributed by atoms with van der Waals surface area (Å²) in [5.74, 6) is -0.999. The Labute approximate surface area is 121 Å². The minimum absolute atomic E-state index is 0.266. The molecule has 2 amide bonds. The van der Waals surface area contributed by atoms with Gasteiger partial charge in [0.15, 0.2) is 0 Å². The summed E-state index contributed by atoms with van der Waals surface area (Å²) in [5.41, 5.74) is -0.523. The Kier molecular flexibility index (Phi) is 5.02. The van der Waals surface area contributed by atoms with Crippen LogP contribution in [0, 0.1) is 5.41 Å². The molecule has 1 saturated heterocycles. The highest BCUT2D eigenvalue weighted by molar-refractivity contribution is 5.83. The summed E-state index contributed by atoms with van der Waals surface area (Å²) in [7, 11) is 2.04. The third-order valence-corrected chi connectivity index (χ3v) is 4.03. The Bertz CT molecular complexity index is 366. The van der Waals surface area contributed by atoms with Gasteiger partial charge in [-0.3, -0.25) is 4.90 Å². The second kappa shape index (κ2) is 5.99. The lowest BCUT2D eigenvalue weighted by molar-refractivity contribution is -0.142. The van der Waals surface area contributed by atoms with Gasteiger partial charge in [0.1, 0.15) is 6.04 Å². The molecule has 0 aromatic heterocycles. The van der Waals surface area contributed by atoms with Gasteiger partial charge in [-0.1, -0.05) is 20.8 Å². The zero-order valence-corrected chi connectivity index (χ0v) is 13.3. The van der Waals surface area contributed by atoms with E-state index >= 15 is 0 Å². The smallest absolute Gasteiger partial charge is 0.326 e. The van der Waals surface area contributed by atoms with Crippen LogP contribution >= 0.6 is 0 Å². The summed E-state index contributed by atoms with van der Waals surface area (Å²) < 4.78 is 0. The highest BCUT2D eigenvalue weighted by atomic mass is 16.4. The second-order valence-electron chi connectivity index (χ2n) is 6.86. The van der Waals surface area contributed by atoms with Crippen molar-refractivity contribution >= 4 is 12.0 Å². The van der Waals surface area contributed by atoms with E-state index in [9.17, 15) is 14.7 Å². The van der Waals surface area contributed by atoms with Gasteiger partial charge in [-0.25, -0.2) is 9.59 Å². The van der Waals surface area contributed by atoms with Crippen molar-refractivity contribution in [2.75, 3.05) is 20.1 Å². The van der Waals surface area contributed by atoms with Crippen LogP contribution in [0.4, 0.5) is 4.79 Å². The van der Waals surface area contributed by atoms with E-state index in [1.165, 1.54) is 0 Å². The quantitative estimate of drug-likeness (QED) is 0.800. The molecule has 0 saturated carbocycles. The number of urea groups is 1. The first-order valence-electron chi connectivity index (χ1n) is 7.04. The van der Waals surface area contributed by atoms with Gasteiger partial charge in [0.25, 0.3) is 0 Å². The van der Waals surface area contributed by atoms with Crippen molar-refractivity contribution in [2.24, 2.45) is 5.41 Å². The van der Waals surface area contributed by atoms with E-state index < -0.39 is 17.4 Å². The van der Waals surface area contributed by atoms with Gasteiger partial charge >= 0.3 is 12.0 Å². The number of piperazine rings is 1. The lowest BCUT2D eigenvalue weighted by Crippen LogP contribution is -2.61. The first-order chi connectivity index (χ1) is 9.04. The maximum absolute atomic E-state index is 12.3. The molecule has 0 aromatic rings. The fourth-order valence-electron chi connectivity index (χ4n) is 2.43. The van der Waals surface area contributed by atoms with Crippen molar-refractivity contribution < 1.29 is 14.7 Å². The lowest BCUT2D eigenvalue weighted by atomic mass is 9.87. The van der Waals surface area contributed by atoms with E-state index in [1.54, 1.807) is 25.7 Å². The number of amides is 2. The molecule has 6 nitrogen and oxygen atoms in total. The van der Waals surface area contributed by atoms with Crippen LogP contribution in [0.1, 0.15) is 34.6 Å². The van der Waals surface area contributed by atoms with Crippen LogP contribution < -0.4 is 5.32 Å². The van der Waals surface area contributed by atoms with E-state index in [4.69, 9.17) is 0 Å². The standard InChI is InChI=1S/C14H27N3O3/c1-9-7-17(8-10(2)16(9)6)13(20)15-11(12(18)19)14(3,4)5/h9-11H,7-8H2,1-6H3,(H,15,20)(H,18,19)/t9?,10?,11-/m0/s1. The summed E-state index contributed by atoms with van der Waals surface area (Å²) in [6.07, 6.45) is 0. The van der Waals surface area contributed by atoms with E-state index in [0.29, 0.717) is 13.1 Å². The number of carbonyl (C=O) groups is 2. The first-order valence-corrected chi connectivity index (χ1v) is 7.04. The highest BCUT2D eigenvalue weighted by Gasteiger charge is 2.36. The third kappa shape index (κ3) is 3.85. The van der Waals surface area contributed by atoms with Crippen molar-refractivity contribution in [2.45, 2.75) is 52.7 Å². The average molecular weight is 285 g/mol. The fraction of sp³-hybridized carbons (Fsp3) is 0.857. The summed E-state index contributed by atoms with van der Waals surface area (Å²) in [6.45, 7) is 10.8. The van der Waals surface area contributed by atoms with Crippen LogP contribution in [0.5, 0.6) is 0 Å². The minimum atomic E-state index is -0.999. The summed E-state index contributed by atoms with van der Waals surface area (Å²) in [5, 5.41) is 11.9. The topological polar surface area (TPSA) is 72.9 Å². The SMILES string of the molecule is CC1CN(C(=O)N[C@@H](C(=O)O)C(C)(C)C)CC(C)N1C. The number of carbonyl (C=O) groups excluding carboxylic acids is 1. The monoisotopic (exact) mass is 285 g/mol. The number of hydrogen-bond acceptors (Lipinski definition) is 3. The average Bonchev–Trinajstić information content (AvgIpc) is 2.30. The predicted octanol–water partition coefficient (Wildman–Crippen LogP) is 1.22. The van der Waals surface area contributed by atoms with Crippen LogP contribution in [0.2, 0.25) is 0 Å². The highest BCUT2D eigenvalue weighted by Crippen LogP contribution is 2.20. The molecule has 1 rings (SSSR count). The molecule has 0 aromatic carbocycles. The zero-order valence-electron chi connectivity index (χ0n) is 13.3. The number of carboxylic acid groups (broad SMARTS) is 1. The van der Waals surface area contributed by atoms with Gasteiger partial charge in [0.05, 0.1) is 0 Å². The largest absolute Gasteiger partial charge is 0.480 e. The van der Waals surface area contributed by atoms with Crippen LogP contribution in [-0.4, -0.2) is 65.2 Å². The Balaban J connectivity index is 2.73. The minimum Gasteiger partial charge on any atom is -0.480 e. The van der Waals surface area contributed by atoms with Gasteiger partial charge in [0, 0.05) is 25.2 Å². The van der Waals surface area contributed by atoms with Crippen molar-refractivity contribution in [1.29, 1.82) is 0 Å². The molecule has 6 heteroatoms. The van der Waals surface area contributed by atoms with E-state index in [-0.39, 0.29) is 18.1 Å². The molecule has 1 heterocycles. The normalized spacial score (nSPS) is 26.2. The molecule has 0 bridgehead atoms. The lowest BCUT2D eigenvalue weighted by Gasteiger charge is -2.43. The maximum atomic E-state index is 12.3. The van der Waals surface area contributed by atoms with Crippen LogP contribution in [0.25, 0.3) is 0 Å². The van der Waals surface area contributed by atoms with Crippen LogP contribution in [0.15, 0.2) is 0 Å². The Morgan fingerprint density at radius 2 is 1.65 bits per heavy atom. The predicted molar refractivity (Wildman–Crippen MR) is 77.7 cm³/mol. The molecule has 3 atom stereocenters. The summed E-state index contributed by atoms with van der Waals surface area (Å²) in [6, 6.07) is -0.649. The molecule has 0 aliphatic carbocycles. The number of hydrogen-bond donors (Lipinski definition) is 2. The molecule has 0 spiro atoms. The number of rotatable bonds is 2. The molecule has 2 N–H and O–H groups in total. The fourth-order valence-corrected chi connectivity index (χ4v) is 2.43. The number of nitrogens with one attached hydrogen (secondary N) is 1. The van der Waals surface area contributed by atoms with Crippen LogP contribution in [-0.2, 0) is 4.79 Å². The first kappa shape index (κ1) is 16.8. The molecular formula is C14H27N3O3. The second-order valence-corrected chi connectivity index (χ2v) is 6.86. The number of aliphatic carboxylic acids is 1. The number of likely N-dealkylation sites (N-methyl/N-ethyl adjacent to an activating group) is 1. The van der Waals surface area contributed by atoms with E-state index in [2.05, 4.69) is 24.1 Å². The molecular weight excluding hydrogens is 258 g/mol. The molecule has 1 aliphatic heterocycles. The number of nitrogens with zero attached hydrogens (tertiary/aromatic N) is 2. The zero-order chi connectivity index (χ0) is 15.7. The van der Waals surface area contributed by atoms with Crippen molar-refractivity contribution in [3.63, 3.8) is 0 Å². The molecule has 116 valence electrons. The number of carboxylic acids is 1.